The molecule has 1 unspecified atom stereocenters. The van der Waals surface area contributed by atoms with E-state index in [1.54, 1.807) is 6.07 Å². The lowest BCUT2D eigenvalue weighted by molar-refractivity contribution is -0.142. The molecule has 0 amide bonds. The molecule has 0 saturated carbocycles. The van der Waals surface area contributed by atoms with Gasteiger partial charge < -0.3 is 29.2 Å². The second-order valence-corrected chi connectivity index (χ2v) is 18.3. The lowest BCUT2D eigenvalue weighted by atomic mass is 10.0. The summed E-state index contributed by atoms with van der Waals surface area (Å²) in [4.78, 5) is 19.0. The van der Waals surface area contributed by atoms with Crippen LogP contribution in [-0.2, 0) is 38.0 Å². The molecule has 1 saturated heterocycles. The second kappa shape index (κ2) is 14.5. The van der Waals surface area contributed by atoms with Crippen molar-refractivity contribution >= 4 is 33.4 Å². The molecule has 10 nitrogen and oxygen atoms in total. The number of ether oxygens (including phenoxy) is 2. The Morgan fingerprint density at radius 1 is 1.15 bits per heavy atom. The predicted molar refractivity (Wildman–Crippen MR) is 186 cm³/mol. The number of aromatic nitrogens is 3. The van der Waals surface area contributed by atoms with Crippen molar-refractivity contribution in [1.29, 1.82) is 0 Å². The first kappa shape index (κ1) is 35.9. The normalized spacial score (nSPS) is 15.7. The summed E-state index contributed by atoms with van der Waals surface area (Å²) in [7, 11) is -1.27. The minimum Gasteiger partial charge on any atom is -0.459 e. The van der Waals surface area contributed by atoms with Crippen LogP contribution in [0.5, 0.6) is 0 Å². The summed E-state index contributed by atoms with van der Waals surface area (Å²) in [5.41, 5.74) is 3.87. The van der Waals surface area contributed by atoms with Crippen LogP contribution >= 0.6 is 10.3 Å². The smallest absolute Gasteiger partial charge is 0.303 e. The van der Waals surface area contributed by atoms with E-state index in [0.717, 1.165) is 22.8 Å². The molecule has 4 rings (SSSR count). The monoisotopic (exact) mass is 660 g/mol. The van der Waals surface area contributed by atoms with Crippen molar-refractivity contribution in [3.8, 4) is 0 Å². The molecule has 3 heterocycles. The van der Waals surface area contributed by atoms with E-state index in [-0.39, 0.29) is 28.8 Å². The fraction of sp³-hybridized carbons (Fsp3) is 0.618. The molecule has 46 heavy (non-hydrogen) atoms. The maximum absolute atomic E-state index is 15.5. The Labute approximate surface area is 275 Å². The number of benzene rings is 1. The zero-order valence-corrected chi connectivity index (χ0v) is 30.1. The van der Waals surface area contributed by atoms with Gasteiger partial charge in [-0.3, -0.25) is 4.79 Å². The lowest BCUT2D eigenvalue weighted by Gasteiger charge is -2.44. The van der Waals surface area contributed by atoms with Crippen LogP contribution in [0, 0.1) is 5.82 Å². The van der Waals surface area contributed by atoms with Gasteiger partial charge in [0.25, 0.3) is 0 Å². The van der Waals surface area contributed by atoms with Crippen LogP contribution in [0.4, 0.5) is 15.9 Å². The fourth-order valence-corrected chi connectivity index (χ4v) is 5.83. The van der Waals surface area contributed by atoms with Gasteiger partial charge in [0.1, 0.15) is 18.1 Å². The highest BCUT2D eigenvalue weighted by Gasteiger charge is 2.29. The number of morpholine rings is 1. The van der Waals surface area contributed by atoms with Gasteiger partial charge >= 0.3 is 5.97 Å². The molecule has 3 aromatic rings. The Kier molecular flexibility index (Phi) is 11.3. The third-order valence-electron chi connectivity index (χ3n) is 8.29. The number of nitrogens with one attached hydrogen (secondary N) is 2. The molecule has 12 heteroatoms. The maximum Gasteiger partial charge on any atom is 0.303 e. The average molecular weight is 661 g/mol. The standard InChI is InChI=1S/C34H53FN6O4S/c1-23(21-45-46(9,10)34(6,7)8)36-20-26-25(12-11-13-27(26)35)18-30-29(22-44-24(2)42)37-32-28(38-33(3,4)5)19-31(39-41(30)32)40-14-16-43-17-15-40/h11-13,19,23,36,38H,14-18,20-22H2,1-10H3. The van der Waals surface area contributed by atoms with Crippen LogP contribution in [0.1, 0.15) is 77.9 Å². The van der Waals surface area contributed by atoms with Gasteiger partial charge in [0.05, 0.1) is 31.2 Å². The van der Waals surface area contributed by atoms with Crippen LogP contribution in [0.2, 0.25) is 0 Å². The number of nitrogens with zero attached hydrogens (tertiary/aromatic N) is 4. The van der Waals surface area contributed by atoms with E-state index in [4.69, 9.17) is 23.7 Å². The summed E-state index contributed by atoms with van der Waals surface area (Å²) in [6.07, 6.45) is 4.70. The number of fused-ring (bicyclic) bond motifs is 1. The molecule has 0 aliphatic carbocycles. The number of halogens is 1. The summed E-state index contributed by atoms with van der Waals surface area (Å²) in [6, 6.07) is 7.18. The van der Waals surface area contributed by atoms with Gasteiger partial charge in [-0.2, -0.15) is 0 Å². The van der Waals surface area contributed by atoms with Gasteiger partial charge in [-0.05, 0) is 51.8 Å². The van der Waals surface area contributed by atoms with Gasteiger partial charge in [-0.15, -0.1) is 15.4 Å². The van der Waals surface area contributed by atoms with Crippen molar-refractivity contribution in [2.75, 3.05) is 55.6 Å². The highest BCUT2D eigenvalue weighted by molar-refractivity contribution is 8.29. The number of anilines is 2. The minimum atomic E-state index is -1.27. The Bertz CT molecular complexity index is 1510. The Balaban J connectivity index is 1.71. The summed E-state index contributed by atoms with van der Waals surface area (Å²) >= 11 is 0. The summed E-state index contributed by atoms with van der Waals surface area (Å²) in [6.45, 7) is 19.8. The number of carbonyl (C=O) groups is 1. The van der Waals surface area contributed by atoms with E-state index in [2.05, 4.69) is 76.5 Å². The number of esters is 1. The third-order valence-corrected chi connectivity index (χ3v) is 12.0. The molecule has 0 spiro atoms. The highest BCUT2D eigenvalue weighted by atomic mass is 32.3. The summed E-state index contributed by atoms with van der Waals surface area (Å²) in [5.74, 6) is 0.100. The minimum absolute atomic E-state index is 0.0145. The SMILES string of the molecule is CC(=O)OCc1nc2c(NC(C)(C)C)cc(N3CCOCC3)nn2c1Cc1cccc(F)c1CNC(C)COS(C)(C)C(C)(C)C. The van der Waals surface area contributed by atoms with Crippen molar-refractivity contribution in [3.05, 3.63) is 52.6 Å². The van der Waals surface area contributed by atoms with E-state index in [1.807, 2.05) is 16.6 Å². The van der Waals surface area contributed by atoms with Gasteiger partial charge in [0.15, 0.2) is 11.5 Å². The average Bonchev–Trinajstić information content (AvgIpc) is 3.31. The van der Waals surface area contributed by atoms with Crippen LogP contribution < -0.4 is 15.5 Å². The van der Waals surface area contributed by atoms with Crippen molar-refractivity contribution in [2.45, 2.75) is 91.3 Å². The van der Waals surface area contributed by atoms with Gasteiger partial charge in [0.2, 0.25) is 0 Å². The van der Waals surface area contributed by atoms with Crippen LogP contribution in [0.25, 0.3) is 5.65 Å². The Morgan fingerprint density at radius 2 is 1.85 bits per heavy atom. The Hall–Kier alpha value is -2.93. The fourth-order valence-electron chi connectivity index (χ4n) is 4.93. The van der Waals surface area contributed by atoms with Crippen molar-refractivity contribution < 1.29 is 22.8 Å². The highest BCUT2D eigenvalue weighted by Crippen LogP contribution is 2.53. The first-order valence-corrected chi connectivity index (χ1v) is 18.4. The molecule has 0 bridgehead atoms. The molecule has 0 radical (unpaired) electrons. The first-order valence-electron chi connectivity index (χ1n) is 16.0. The molecular formula is C34H53FN6O4S. The molecule has 1 aliphatic heterocycles. The maximum atomic E-state index is 15.5. The third kappa shape index (κ3) is 9.11. The van der Waals surface area contributed by atoms with Crippen LogP contribution in [-0.4, -0.2) is 82.3 Å². The molecule has 1 fully saturated rings. The van der Waals surface area contributed by atoms with Crippen molar-refractivity contribution in [1.82, 2.24) is 19.9 Å². The molecular weight excluding hydrogens is 607 g/mol. The first-order chi connectivity index (χ1) is 21.4. The molecule has 2 aromatic heterocycles. The second-order valence-electron chi connectivity index (χ2n) is 14.4. The van der Waals surface area contributed by atoms with E-state index in [9.17, 15) is 4.79 Å². The van der Waals surface area contributed by atoms with Crippen LogP contribution in [0.15, 0.2) is 24.3 Å². The number of hydrogen-bond acceptors (Lipinski definition) is 9. The number of rotatable bonds is 12. The molecule has 256 valence electrons. The van der Waals surface area contributed by atoms with E-state index in [1.165, 1.54) is 13.0 Å². The summed E-state index contributed by atoms with van der Waals surface area (Å²) in [5, 5.41) is 12.1. The quantitative estimate of drug-likeness (QED) is 0.232. The molecule has 1 aliphatic rings. The number of imidazole rings is 1. The summed E-state index contributed by atoms with van der Waals surface area (Å²) < 4.78 is 34.8. The zero-order chi connectivity index (χ0) is 33.9. The molecule has 1 aromatic carbocycles. The Morgan fingerprint density at radius 3 is 2.48 bits per heavy atom. The van der Waals surface area contributed by atoms with Crippen molar-refractivity contribution in [2.24, 2.45) is 0 Å². The van der Waals surface area contributed by atoms with E-state index < -0.39 is 16.3 Å². The topological polar surface area (TPSA) is 102 Å². The van der Waals surface area contributed by atoms with Crippen molar-refractivity contribution in [3.63, 3.8) is 0 Å². The number of hydrogen-bond donors (Lipinski definition) is 2. The largest absolute Gasteiger partial charge is 0.459 e. The molecule has 1 atom stereocenters. The lowest BCUT2D eigenvalue weighted by Crippen LogP contribution is -2.37. The van der Waals surface area contributed by atoms with Gasteiger partial charge in [-0.1, -0.05) is 32.9 Å². The van der Waals surface area contributed by atoms with Gasteiger partial charge in [0, 0.05) is 60.9 Å². The zero-order valence-electron chi connectivity index (χ0n) is 29.3. The van der Waals surface area contributed by atoms with Gasteiger partial charge in [-0.25, -0.2) is 13.9 Å². The number of carbonyl (C=O) groups excluding carboxylic acids is 1. The van der Waals surface area contributed by atoms with Crippen LogP contribution in [0.3, 0.4) is 0 Å². The predicted octanol–water partition coefficient (Wildman–Crippen LogP) is 5.84. The molecule has 2 N–H and O–H groups in total. The van der Waals surface area contributed by atoms with E-state index >= 15 is 4.39 Å². The van der Waals surface area contributed by atoms with E-state index in [0.29, 0.717) is 62.8 Å².